The molecule has 4 heteroatoms. The third kappa shape index (κ3) is 3.27. The summed E-state index contributed by atoms with van der Waals surface area (Å²) in [5.74, 6) is -0.391. The summed E-state index contributed by atoms with van der Waals surface area (Å²) in [5.41, 5.74) is 0. The molecule has 2 atom stereocenters. The van der Waals surface area contributed by atoms with Gasteiger partial charge >= 0.3 is 5.97 Å². The molecule has 1 N–H and O–H groups in total. The van der Waals surface area contributed by atoms with Crippen LogP contribution in [0.2, 0.25) is 0 Å². The summed E-state index contributed by atoms with van der Waals surface area (Å²) in [7, 11) is 1.71. The van der Waals surface area contributed by atoms with Gasteiger partial charge in [-0.25, -0.2) is 0 Å². The minimum absolute atomic E-state index is 0.267. The van der Waals surface area contributed by atoms with E-state index in [1.54, 1.807) is 14.0 Å². The van der Waals surface area contributed by atoms with Gasteiger partial charge in [-0.05, 0) is 18.9 Å². The molecule has 82 valence electrons. The predicted octanol–water partition coefficient (Wildman–Crippen LogP) is 0.675. The first-order valence-electron chi connectivity index (χ1n) is 5.07. The maximum Gasteiger partial charge on any atom is 0.307 e. The molecular weight excluding hydrogens is 182 g/mol. The molecule has 0 spiro atoms. The van der Waals surface area contributed by atoms with Crippen molar-refractivity contribution in [2.24, 2.45) is 11.8 Å². The summed E-state index contributed by atoms with van der Waals surface area (Å²) in [6, 6.07) is 0. The van der Waals surface area contributed by atoms with Crippen LogP contribution in [0.25, 0.3) is 0 Å². The smallest absolute Gasteiger partial charge is 0.307 e. The molecule has 1 heterocycles. The number of nitrogens with zero attached hydrogens (tertiary/aromatic N) is 1. The zero-order valence-electron chi connectivity index (χ0n) is 8.90. The average molecular weight is 201 g/mol. The first kappa shape index (κ1) is 11.5. The Hall–Kier alpha value is -0.610. The number of likely N-dealkylation sites (tertiary alicyclic amines) is 1. The highest BCUT2D eigenvalue weighted by molar-refractivity contribution is 5.69. The minimum Gasteiger partial charge on any atom is -0.481 e. The third-order valence-corrected chi connectivity index (χ3v) is 2.73. The van der Waals surface area contributed by atoms with Gasteiger partial charge in [-0.2, -0.15) is 0 Å². The van der Waals surface area contributed by atoms with Gasteiger partial charge in [-0.3, -0.25) is 4.79 Å². The highest BCUT2D eigenvalue weighted by atomic mass is 16.5. The fraction of sp³-hybridized carbons (Fsp3) is 0.900. The third-order valence-electron chi connectivity index (χ3n) is 2.73. The molecule has 0 aliphatic carbocycles. The van der Waals surface area contributed by atoms with E-state index in [1.807, 2.05) is 0 Å². The molecule has 0 aromatic rings. The Balaban J connectivity index is 2.25. The molecule has 1 saturated heterocycles. The Labute approximate surface area is 84.8 Å². The van der Waals surface area contributed by atoms with E-state index in [4.69, 9.17) is 9.84 Å². The summed E-state index contributed by atoms with van der Waals surface area (Å²) in [6.45, 7) is 5.19. The van der Waals surface area contributed by atoms with Crippen LogP contribution < -0.4 is 0 Å². The summed E-state index contributed by atoms with van der Waals surface area (Å²) >= 11 is 0. The molecule has 14 heavy (non-hydrogen) atoms. The first-order chi connectivity index (χ1) is 6.63. The van der Waals surface area contributed by atoms with Gasteiger partial charge in [0.05, 0.1) is 12.5 Å². The van der Waals surface area contributed by atoms with Crippen LogP contribution in [0, 0.1) is 11.8 Å². The number of carboxylic acid groups (broad SMARTS) is 1. The SMILES string of the molecule is COCC1CCN(CC(C)C(=O)O)C1. The Kier molecular flexibility index (Phi) is 4.35. The number of hydrogen-bond acceptors (Lipinski definition) is 3. The lowest BCUT2D eigenvalue weighted by Crippen LogP contribution is -2.30. The highest BCUT2D eigenvalue weighted by Crippen LogP contribution is 2.17. The molecule has 1 aliphatic heterocycles. The molecule has 0 amide bonds. The van der Waals surface area contributed by atoms with Crippen molar-refractivity contribution in [1.82, 2.24) is 4.90 Å². The summed E-state index contributed by atoms with van der Waals surface area (Å²) in [6.07, 6.45) is 1.13. The second kappa shape index (κ2) is 5.32. The molecule has 0 bridgehead atoms. The Morgan fingerprint density at radius 3 is 3.00 bits per heavy atom. The van der Waals surface area contributed by atoms with Crippen molar-refractivity contribution in [2.45, 2.75) is 13.3 Å². The van der Waals surface area contributed by atoms with Gasteiger partial charge in [0.2, 0.25) is 0 Å². The molecule has 0 radical (unpaired) electrons. The molecule has 0 aromatic carbocycles. The lowest BCUT2D eigenvalue weighted by atomic mass is 10.1. The quantitative estimate of drug-likeness (QED) is 0.710. The van der Waals surface area contributed by atoms with Crippen molar-refractivity contribution < 1.29 is 14.6 Å². The first-order valence-corrected chi connectivity index (χ1v) is 5.07. The molecule has 2 unspecified atom stereocenters. The number of ether oxygens (including phenoxy) is 1. The lowest BCUT2D eigenvalue weighted by Gasteiger charge is -2.18. The number of carboxylic acids is 1. The van der Waals surface area contributed by atoms with Crippen LogP contribution in [-0.4, -0.2) is 49.3 Å². The Bertz CT molecular complexity index is 196. The summed E-state index contributed by atoms with van der Waals surface area (Å²) < 4.78 is 5.08. The topological polar surface area (TPSA) is 49.8 Å². The zero-order chi connectivity index (χ0) is 10.6. The predicted molar refractivity (Wildman–Crippen MR) is 53.2 cm³/mol. The molecule has 4 nitrogen and oxygen atoms in total. The normalized spacial score (nSPS) is 25.1. The Morgan fingerprint density at radius 1 is 1.71 bits per heavy atom. The van der Waals surface area contributed by atoms with E-state index >= 15 is 0 Å². The maximum absolute atomic E-state index is 10.6. The van der Waals surface area contributed by atoms with E-state index in [1.165, 1.54) is 0 Å². The number of carbonyl (C=O) groups is 1. The van der Waals surface area contributed by atoms with Gasteiger partial charge in [-0.15, -0.1) is 0 Å². The zero-order valence-corrected chi connectivity index (χ0v) is 8.90. The van der Waals surface area contributed by atoms with Crippen molar-refractivity contribution >= 4 is 5.97 Å². The van der Waals surface area contributed by atoms with E-state index < -0.39 is 5.97 Å². The maximum atomic E-state index is 10.6. The van der Waals surface area contributed by atoms with E-state index in [0.717, 1.165) is 26.1 Å². The molecule has 0 aromatic heterocycles. The monoisotopic (exact) mass is 201 g/mol. The van der Waals surface area contributed by atoms with Crippen LogP contribution in [0.4, 0.5) is 0 Å². The van der Waals surface area contributed by atoms with Crippen LogP contribution in [0.5, 0.6) is 0 Å². The van der Waals surface area contributed by atoms with Crippen molar-refractivity contribution in [2.75, 3.05) is 33.4 Å². The molecule has 1 fully saturated rings. The summed E-state index contributed by atoms with van der Waals surface area (Å²) in [4.78, 5) is 12.9. The number of methoxy groups -OCH3 is 1. The fourth-order valence-electron chi connectivity index (χ4n) is 1.92. The molecule has 1 aliphatic rings. The number of rotatable bonds is 5. The number of aliphatic carboxylic acids is 1. The van der Waals surface area contributed by atoms with Crippen LogP contribution in [0.15, 0.2) is 0 Å². The average Bonchev–Trinajstić information content (AvgIpc) is 2.53. The van der Waals surface area contributed by atoms with Gasteiger partial charge in [0.25, 0.3) is 0 Å². The minimum atomic E-state index is -0.708. The van der Waals surface area contributed by atoms with E-state index in [2.05, 4.69) is 4.90 Å². The van der Waals surface area contributed by atoms with E-state index in [0.29, 0.717) is 12.5 Å². The van der Waals surface area contributed by atoms with E-state index in [9.17, 15) is 4.79 Å². The van der Waals surface area contributed by atoms with Gasteiger partial charge < -0.3 is 14.7 Å². The van der Waals surface area contributed by atoms with Crippen molar-refractivity contribution in [1.29, 1.82) is 0 Å². The fourth-order valence-corrected chi connectivity index (χ4v) is 1.92. The number of hydrogen-bond donors (Lipinski definition) is 1. The van der Waals surface area contributed by atoms with Crippen LogP contribution in [-0.2, 0) is 9.53 Å². The van der Waals surface area contributed by atoms with Gasteiger partial charge in [0.15, 0.2) is 0 Å². The second-order valence-electron chi connectivity index (χ2n) is 4.11. The van der Waals surface area contributed by atoms with Crippen molar-refractivity contribution in [3.8, 4) is 0 Å². The standard InChI is InChI=1S/C10H19NO3/c1-8(10(12)13)5-11-4-3-9(6-11)7-14-2/h8-9H,3-7H2,1-2H3,(H,12,13). The van der Waals surface area contributed by atoms with Gasteiger partial charge in [0.1, 0.15) is 0 Å². The molecular formula is C10H19NO3. The van der Waals surface area contributed by atoms with Crippen LogP contribution in [0.3, 0.4) is 0 Å². The lowest BCUT2D eigenvalue weighted by molar-refractivity contribution is -0.141. The van der Waals surface area contributed by atoms with Gasteiger partial charge in [0, 0.05) is 20.2 Å². The van der Waals surface area contributed by atoms with E-state index in [-0.39, 0.29) is 5.92 Å². The van der Waals surface area contributed by atoms with Gasteiger partial charge in [-0.1, -0.05) is 6.92 Å². The largest absolute Gasteiger partial charge is 0.481 e. The molecule has 0 saturated carbocycles. The Morgan fingerprint density at radius 2 is 2.43 bits per heavy atom. The highest BCUT2D eigenvalue weighted by Gasteiger charge is 2.25. The molecule has 1 rings (SSSR count). The van der Waals surface area contributed by atoms with Crippen LogP contribution >= 0.6 is 0 Å². The van der Waals surface area contributed by atoms with Crippen LogP contribution in [0.1, 0.15) is 13.3 Å². The summed E-state index contributed by atoms with van der Waals surface area (Å²) in [5, 5.41) is 8.76. The van der Waals surface area contributed by atoms with Crippen molar-refractivity contribution in [3.63, 3.8) is 0 Å². The second-order valence-corrected chi connectivity index (χ2v) is 4.11. The van der Waals surface area contributed by atoms with Crippen molar-refractivity contribution in [3.05, 3.63) is 0 Å².